The zero-order valence-electron chi connectivity index (χ0n) is 18.9. The van der Waals surface area contributed by atoms with Crippen LogP contribution in [0, 0.1) is 0 Å². The molecular formula is C25H30N6O2. The number of fused-ring (bicyclic) bond motifs is 1. The van der Waals surface area contributed by atoms with E-state index in [0.29, 0.717) is 24.0 Å². The average molecular weight is 447 g/mol. The molecule has 172 valence electrons. The topological polar surface area (TPSA) is 97.2 Å². The van der Waals surface area contributed by atoms with Crippen LogP contribution in [0.25, 0.3) is 11.4 Å². The summed E-state index contributed by atoms with van der Waals surface area (Å²) in [6.07, 6.45) is 9.42. The lowest BCUT2D eigenvalue weighted by Gasteiger charge is -2.17. The number of allylic oxidation sites excluding steroid dienone is 1. The Hall–Kier alpha value is -3.78. The lowest BCUT2D eigenvalue weighted by Crippen LogP contribution is -2.14. The van der Waals surface area contributed by atoms with Gasteiger partial charge in [-0.05, 0) is 62.1 Å². The second-order valence-corrected chi connectivity index (χ2v) is 7.57. The van der Waals surface area contributed by atoms with Crippen molar-refractivity contribution in [3.8, 4) is 11.4 Å². The second-order valence-electron chi connectivity index (χ2n) is 7.57. The van der Waals surface area contributed by atoms with Gasteiger partial charge in [-0.15, -0.1) is 0 Å². The highest BCUT2D eigenvalue weighted by molar-refractivity contribution is 5.71. The maximum atomic E-state index is 12.0. The summed E-state index contributed by atoms with van der Waals surface area (Å²) in [5, 5.41) is 14.9. The molecular weight excluding hydrogens is 416 g/mol. The minimum atomic E-state index is -0.313. The molecule has 8 heteroatoms. The largest absolute Gasteiger partial charge is 0.379 e. The van der Waals surface area contributed by atoms with E-state index in [0.717, 1.165) is 17.9 Å². The number of rotatable bonds is 5. The third-order valence-corrected chi connectivity index (χ3v) is 4.89. The molecule has 3 aliphatic rings. The lowest BCUT2D eigenvalue weighted by atomic mass is 10.1. The van der Waals surface area contributed by atoms with Crippen LogP contribution < -0.4 is 11.0 Å². The van der Waals surface area contributed by atoms with Gasteiger partial charge in [-0.25, -0.2) is 5.10 Å². The van der Waals surface area contributed by atoms with Crippen molar-refractivity contribution in [2.45, 2.75) is 38.8 Å². The van der Waals surface area contributed by atoms with Crippen molar-refractivity contribution < 1.29 is 4.74 Å². The molecule has 0 saturated carbocycles. The van der Waals surface area contributed by atoms with E-state index in [1.54, 1.807) is 23.0 Å². The van der Waals surface area contributed by atoms with Crippen LogP contribution in [-0.4, -0.2) is 38.9 Å². The smallest absolute Gasteiger partial charge is 0.294 e. The van der Waals surface area contributed by atoms with Crippen molar-refractivity contribution in [1.29, 1.82) is 0 Å². The van der Waals surface area contributed by atoms with E-state index in [-0.39, 0.29) is 5.56 Å². The molecule has 3 heterocycles. The Balaban J connectivity index is 0.000000374. The predicted octanol–water partition coefficient (Wildman–Crippen LogP) is 4.40. The van der Waals surface area contributed by atoms with Crippen LogP contribution in [0.4, 0.5) is 5.69 Å². The van der Waals surface area contributed by atoms with Crippen LogP contribution in [0.1, 0.15) is 31.7 Å². The SMILES string of the molecule is C=C/C=N\Nc1ccc(Cn2ccccccc3n[nH]c(=O)c-3n2)cc1.CC1CCCCO1. The van der Waals surface area contributed by atoms with E-state index in [1.165, 1.54) is 19.3 Å². The summed E-state index contributed by atoms with van der Waals surface area (Å²) >= 11 is 0. The minimum absolute atomic E-state index is 0.290. The highest BCUT2D eigenvalue weighted by Crippen LogP contribution is 2.12. The lowest BCUT2D eigenvalue weighted by molar-refractivity contribution is 0.0285. The van der Waals surface area contributed by atoms with Crippen LogP contribution >= 0.6 is 0 Å². The fraction of sp³-hybridized carbons (Fsp3) is 0.280. The molecule has 0 aliphatic carbocycles. The van der Waals surface area contributed by atoms with E-state index in [2.05, 4.69) is 39.3 Å². The average Bonchev–Trinajstić information content (AvgIpc) is 3.18. The summed E-state index contributed by atoms with van der Waals surface area (Å²) in [4.78, 5) is 12.0. The van der Waals surface area contributed by atoms with Gasteiger partial charge in [-0.1, -0.05) is 36.9 Å². The van der Waals surface area contributed by atoms with Crippen LogP contribution in [0.5, 0.6) is 0 Å². The number of hydrogen-bond donors (Lipinski definition) is 2. The Morgan fingerprint density at radius 1 is 1.21 bits per heavy atom. The first-order valence-corrected chi connectivity index (χ1v) is 11.0. The van der Waals surface area contributed by atoms with Gasteiger partial charge in [0.2, 0.25) is 0 Å². The molecule has 0 aromatic heterocycles. The number of nitrogens with zero attached hydrogens (tertiary/aromatic N) is 4. The number of ether oxygens (including phenoxy) is 1. The Kier molecular flexibility index (Phi) is 9.35. The number of anilines is 1. The molecule has 1 unspecified atom stereocenters. The van der Waals surface area contributed by atoms with Crippen molar-refractivity contribution in [2.24, 2.45) is 5.10 Å². The number of nitrogens with one attached hydrogen (secondary N) is 2. The molecule has 0 spiro atoms. The van der Waals surface area contributed by atoms with Gasteiger partial charge >= 0.3 is 0 Å². The van der Waals surface area contributed by atoms with Crippen LogP contribution in [0.2, 0.25) is 0 Å². The van der Waals surface area contributed by atoms with Gasteiger partial charge in [0.25, 0.3) is 5.56 Å². The van der Waals surface area contributed by atoms with Crippen molar-refractivity contribution >= 4 is 11.9 Å². The molecule has 8 nitrogen and oxygen atoms in total. The van der Waals surface area contributed by atoms with Crippen molar-refractivity contribution in [1.82, 2.24) is 20.0 Å². The van der Waals surface area contributed by atoms with Crippen molar-refractivity contribution in [3.05, 3.63) is 89.4 Å². The zero-order chi connectivity index (χ0) is 23.3. The Morgan fingerprint density at radius 3 is 2.73 bits per heavy atom. The number of aromatic amines is 1. The normalized spacial score (nSPS) is 15.4. The number of aromatic nitrogens is 4. The van der Waals surface area contributed by atoms with Gasteiger partial charge < -0.3 is 4.74 Å². The number of hydrogen-bond acceptors (Lipinski definition) is 6. The van der Waals surface area contributed by atoms with Gasteiger partial charge in [-0.2, -0.15) is 15.3 Å². The molecule has 0 bridgehead atoms. The number of benzene rings is 1. The second kappa shape index (κ2) is 12.9. The molecule has 1 fully saturated rings. The minimum Gasteiger partial charge on any atom is -0.379 e. The summed E-state index contributed by atoms with van der Waals surface area (Å²) in [5.41, 5.74) is 5.30. The quantitative estimate of drug-likeness (QED) is 0.447. The fourth-order valence-electron chi connectivity index (χ4n) is 3.16. The molecule has 1 aromatic rings. The number of hydrazone groups is 1. The summed E-state index contributed by atoms with van der Waals surface area (Å²) in [7, 11) is 0. The Morgan fingerprint density at radius 2 is 2.03 bits per heavy atom. The van der Waals surface area contributed by atoms with Crippen LogP contribution in [0.3, 0.4) is 0 Å². The third-order valence-electron chi connectivity index (χ3n) is 4.89. The van der Waals surface area contributed by atoms with Crippen molar-refractivity contribution in [2.75, 3.05) is 12.0 Å². The van der Waals surface area contributed by atoms with Crippen LogP contribution in [-0.2, 0) is 11.3 Å². The summed E-state index contributed by atoms with van der Waals surface area (Å²) < 4.78 is 6.98. The van der Waals surface area contributed by atoms with E-state index in [4.69, 9.17) is 4.74 Å². The molecule has 0 amide bonds. The number of H-pyrrole nitrogens is 1. The van der Waals surface area contributed by atoms with E-state index >= 15 is 0 Å². The maximum Gasteiger partial charge on any atom is 0.294 e. The molecule has 1 atom stereocenters. The van der Waals surface area contributed by atoms with Gasteiger partial charge in [0.05, 0.1) is 18.3 Å². The molecule has 1 aromatic carbocycles. The molecule has 33 heavy (non-hydrogen) atoms. The first kappa shape index (κ1) is 23.9. The van der Waals surface area contributed by atoms with Crippen molar-refractivity contribution in [3.63, 3.8) is 0 Å². The zero-order valence-corrected chi connectivity index (χ0v) is 18.9. The molecule has 2 N–H and O–H groups in total. The first-order valence-electron chi connectivity index (χ1n) is 11.0. The molecule has 4 rings (SSSR count). The fourth-order valence-corrected chi connectivity index (χ4v) is 3.16. The Labute approximate surface area is 193 Å². The van der Waals surface area contributed by atoms with E-state index in [9.17, 15) is 4.79 Å². The van der Waals surface area contributed by atoms with Gasteiger partial charge in [-0.3, -0.25) is 14.9 Å². The van der Waals surface area contributed by atoms with Gasteiger partial charge in [0.15, 0.2) is 5.69 Å². The Bertz CT molecular complexity index is 1110. The van der Waals surface area contributed by atoms with Crippen LogP contribution in [0.15, 0.2) is 83.3 Å². The summed E-state index contributed by atoms with van der Waals surface area (Å²) in [6, 6.07) is 17.0. The molecule has 1 saturated heterocycles. The third kappa shape index (κ3) is 8.01. The maximum absolute atomic E-state index is 12.0. The standard InChI is InChI=1S/C19H18N6O.C6H12O/c1-2-12-20-21-16-10-8-15(9-11-16)14-25-13-6-4-3-5-7-17-18(24-25)19(26)23-22-17;1-6-4-2-3-5-7-6/h2-13,21H,1,14H2,(H,23,26);6H,2-5H2,1H3/b4-3?,7-5?,13-6?,20-12-,24-18?;. The van der Waals surface area contributed by atoms with Gasteiger partial charge in [0.1, 0.15) is 5.69 Å². The molecule has 3 aliphatic heterocycles. The monoisotopic (exact) mass is 446 g/mol. The highest BCUT2D eigenvalue weighted by atomic mass is 16.5. The predicted molar refractivity (Wildman–Crippen MR) is 132 cm³/mol. The van der Waals surface area contributed by atoms with Gasteiger partial charge in [0, 0.05) is 19.0 Å². The van der Waals surface area contributed by atoms with E-state index < -0.39 is 0 Å². The summed E-state index contributed by atoms with van der Waals surface area (Å²) in [5.74, 6) is 0. The van der Waals surface area contributed by atoms with E-state index in [1.807, 2.05) is 54.7 Å². The molecule has 0 radical (unpaired) electrons. The first-order chi connectivity index (χ1) is 16.2. The highest BCUT2D eigenvalue weighted by Gasteiger charge is 2.09. The summed E-state index contributed by atoms with van der Waals surface area (Å²) in [6.45, 7) is 7.20.